The van der Waals surface area contributed by atoms with Gasteiger partial charge in [0.15, 0.2) is 5.78 Å². The summed E-state index contributed by atoms with van der Waals surface area (Å²) in [7, 11) is 0. The Labute approximate surface area is 172 Å². The van der Waals surface area contributed by atoms with E-state index in [9.17, 15) is 10.1 Å². The van der Waals surface area contributed by atoms with E-state index >= 15 is 0 Å². The lowest BCUT2D eigenvalue weighted by molar-refractivity contribution is 0.102. The van der Waals surface area contributed by atoms with E-state index in [1.807, 2.05) is 49.6 Å². The average Bonchev–Trinajstić information content (AvgIpc) is 2.91. The molecule has 0 saturated carbocycles. The first-order chi connectivity index (χ1) is 12.8. The van der Waals surface area contributed by atoms with Crippen molar-refractivity contribution in [2.75, 3.05) is 5.33 Å². The number of nitrogens with zero attached hydrogens (tertiary/aromatic N) is 3. The van der Waals surface area contributed by atoms with Crippen molar-refractivity contribution < 1.29 is 4.79 Å². The van der Waals surface area contributed by atoms with Gasteiger partial charge in [0.2, 0.25) is 0 Å². The molecule has 0 saturated heterocycles. The number of carbonyl (C=O) groups excluding carboxylic acids is 1. The summed E-state index contributed by atoms with van der Waals surface area (Å²) in [6.45, 7) is 5.57. The number of nitriles is 2. The summed E-state index contributed by atoms with van der Waals surface area (Å²) >= 11 is 9.78. The summed E-state index contributed by atoms with van der Waals surface area (Å²) in [4.78, 5) is 12.4. The fourth-order valence-corrected chi connectivity index (χ4v) is 3.41. The van der Waals surface area contributed by atoms with Crippen molar-refractivity contribution in [3.63, 3.8) is 0 Å². The van der Waals surface area contributed by atoms with Crippen LogP contribution in [0.5, 0.6) is 0 Å². The Morgan fingerprint density at radius 2 is 1.93 bits per heavy atom. The minimum atomic E-state index is -0.488. The predicted molar refractivity (Wildman–Crippen MR) is 111 cm³/mol. The summed E-state index contributed by atoms with van der Waals surface area (Å²) in [6.07, 6.45) is 4.29. The Hall–Kier alpha value is -2.34. The smallest absolute Gasteiger partial charge is 0.176 e. The number of hydrogen-bond acceptors (Lipinski definition) is 3. The normalized spacial score (nSPS) is 11.4. The number of Topliss-reactive ketones (excluding diaryl/α,β-unsaturated/α-hetero) is 1. The highest BCUT2D eigenvalue weighted by molar-refractivity contribution is 9.09. The predicted octanol–water partition coefficient (Wildman–Crippen LogP) is 5.84. The molecular formula is C21H19BrClN3O. The van der Waals surface area contributed by atoms with Gasteiger partial charge in [0, 0.05) is 11.4 Å². The molecule has 27 heavy (non-hydrogen) atoms. The van der Waals surface area contributed by atoms with Crippen LogP contribution >= 0.6 is 27.5 Å². The maximum atomic E-state index is 12.4. The molecule has 6 heteroatoms. The summed E-state index contributed by atoms with van der Waals surface area (Å²) in [5.41, 5.74) is 2.75. The topological polar surface area (TPSA) is 69.6 Å². The van der Waals surface area contributed by atoms with Gasteiger partial charge in [-0.2, -0.15) is 10.5 Å². The molecule has 0 radical (unpaired) electrons. The van der Waals surface area contributed by atoms with Gasteiger partial charge in [-0.25, -0.2) is 0 Å². The molecule has 2 rings (SSSR count). The van der Waals surface area contributed by atoms with Crippen LogP contribution in [0.25, 0.3) is 11.8 Å². The number of hydrogen-bond donors (Lipinski definition) is 0. The molecule has 2 aromatic rings. The molecule has 0 aliphatic heterocycles. The molecule has 0 bridgehead atoms. The quantitative estimate of drug-likeness (QED) is 0.415. The Morgan fingerprint density at radius 1 is 1.30 bits per heavy atom. The molecule has 0 atom stereocenters. The zero-order chi connectivity index (χ0) is 20.2. The number of halogens is 2. The van der Waals surface area contributed by atoms with Crippen LogP contribution in [0.2, 0.25) is 5.02 Å². The van der Waals surface area contributed by atoms with Gasteiger partial charge in [0.1, 0.15) is 0 Å². The van der Waals surface area contributed by atoms with Crippen LogP contribution in [0.1, 0.15) is 47.6 Å². The van der Waals surface area contributed by atoms with E-state index in [4.69, 9.17) is 16.9 Å². The van der Waals surface area contributed by atoms with E-state index in [-0.39, 0.29) is 11.1 Å². The van der Waals surface area contributed by atoms with Gasteiger partial charge < -0.3 is 4.57 Å². The standard InChI is InChI=1S/C21H19BrClN3O/c1-14-19(18(27)11-22)20(23)17(5-4-10-21(2,3)13-25)26(14)16-8-6-15(12-24)7-9-16/h4-9H,10-11H2,1-3H3/b5-4+. The maximum Gasteiger partial charge on any atom is 0.176 e. The second-order valence-electron chi connectivity index (χ2n) is 6.81. The van der Waals surface area contributed by atoms with E-state index < -0.39 is 5.41 Å². The van der Waals surface area contributed by atoms with Gasteiger partial charge in [0.05, 0.1) is 44.7 Å². The molecular weight excluding hydrogens is 426 g/mol. The SMILES string of the molecule is Cc1c(C(=O)CBr)c(Cl)c(/C=C/CC(C)(C)C#N)n1-c1ccc(C#N)cc1. The molecule has 0 amide bonds. The fraction of sp³-hybridized carbons (Fsp3) is 0.286. The van der Waals surface area contributed by atoms with E-state index in [1.54, 1.807) is 12.1 Å². The van der Waals surface area contributed by atoms with E-state index in [0.717, 1.165) is 11.4 Å². The molecule has 0 aliphatic carbocycles. The monoisotopic (exact) mass is 443 g/mol. The molecule has 0 spiro atoms. The third kappa shape index (κ3) is 4.50. The van der Waals surface area contributed by atoms with Crippen LogP contribution in [0, 0.1) is 35.0 Å². The van der Waals surface area contributed by atoms with E-state index in [0.29, 0.717) is 28.3 Å². The molecule has 0 unspecified atom stereocenters. The highest BCUT2D eigenvalue weighted by Gasteiger charge is 2.23. The minimum Gasteiger partial charge on any atom is -0.312 e. The lowest BCUT2D eigenvalue weighted by Gasteiger charge is -2.12. The Kier molecular flexibility index (Phi) is 6.65. The lowest BCUT2D eigenvalue weighted by atomic mass is 9.91. The van der Waals surface area contributed by atoms with Crippen molar-refractivity contribution in [3.05, 3.63) is 57.9 Å². The van der Waals surface area contributed by atoms with Crippen LogP contribution in [-0.4, -0.2) is 15.7 Å². The molecule has 1 aromatic heterocycles. The zero-order valence-corrected chi connectivity index (χ0v) is 17.7. The number of carbonyl (C=O) groups is 1. The molecule has 4 nitrogen and oxygen atoms in total. The highest BCUT2D eigenvalue weighted by Crippen LogP contribution is 2.33. The summed E-state index contributed by atoms with van der Waals surface area (Å²) in [5.74, 6) is -0.100. The van der Waals surface area contributed by atoms with Gasteiger partial charge >= 0.3 is 0 Å². The first-order valence-electron chi connectivity index (χ1n) is 8.34. The number of alkyl halides is 1. The van der Waals surface area contributed by atoms with Crippen molar-refractivity contribution in [2.24, 2.45) is 5.41 Å². The van der Waals surface area contributed by atoms with Gasteiger partial charge in [-0.15, -0.1) is 0 Å². The summed E-state index contributed by atoms with van der Waals surface area (Å²) < 4.78 is 1.90. The van der Waals surface area contributed by atoms with Crippen LogP contribution in [0.4, 0.5) is 0 Å². The van der Waals surface area contributed by atoms with Crippen molar-refractivity contribution in [3.8, 4) is 17.8 Å². The molecule has 0 N–H and O–H groups in total. The van der Waals surface area contributed by atoms with Crippen LogP contribution in [0.3, 0.4) is 0 Å². The number of rotatable bonds is 6. The maximum absolute atomic E-state index is 12.4. The van der Waals surface area contributed by atoms with Gasteiger partial charge in [0.25, 0.3) is 0 Å². The highest BCUT2D eigenvalue weighted by atomic mass is 79.9. The van der Waals surface area contributed by atoms with Crippen molar-refractivity contribution in [1.29, 1.82) is 10.5 Å². The fourth-order valence-electron chi connectivity index (χ4n) is 2.74. The Morgan fingerprint density at radius 3 is 2.44 bits per heavy atom. The number of ketones is 1. The third-order valence-electron chi connectivity index (χ3n) is 4.24. The van der Waals surface area contributed by atoms with E-state index in [2.05, 4.69) is 28.1 Å². The first-order valence-corrected chi connectivity index (χ1v) is 9.84. The van der Waals surface area contributed by atoms with Crippen LogP contribution in [-0.2, 0) is 0 Å². The van der Waals surface area contributed by atoms with Crippen LogP contribution in [0.15, 0.2) is 30.3 Å². The number of aromatic nitrogens is 1. The second kappa shape index (κ2) is 8.57. The van der Waals surface area contributed by atoms with Crippen molar-refractivity contribution >= 4 is 39.4 Å². The molecule has 0 aliphatic rings. The second-order valence-corrected chi connectivity index (χ2v) is 7.75. The van der Waals surface area contributed by atoms with Crippen molar-refractivity contribution in [2.45, 2.75) is 27.2 Å². The van der Waals surface area contributed by atoms with Gasteiger partial charge in [-0.1, -0.05) is 33.6 Å². The zero-order valence-electron chi connectivity index (χ0n) is 15.4. The number of benzene rings is 1. The molecule has 1 heterocycles. The Bertz CT molecular complexity index is 973. The Balaban J connectivity index is 2.62. The van der Waals surface area contributed by atoms with E-state index in [1.165, 1.54) is 0 Å². The first kappa shape index (κ1) is 21.0. The molecule has 1 aromatic carbocycles. The number of allylic oxidation sites excluding steroid dienone is 1. The average molecular weight is 445 g/mol. The third-order valence-corrected chi connectivity index (χ3v) is 5.14. The summed E-state index contributed by atoms with van der Waals surface area (Å²) in [5, 5.41) is 18.8. The minimum absolute atomic E-state index is 0.100. The molecule has 0 fully saturated rings. The largest absolute Gasteiger partial charge is 0.312 e. The van der Waals surface area contributed by atoms with Gasteiger partial charge in [-0.3, -0.25) is 4.79 Å². The summed E-state index contributed by atoms with van der Waals surface area (Å²) in [6, 6.07) is 11.4. The lowest BCUT2D eigenvalue weighted by Crippen LogP contribution is -2.05. The molecule has 138 valence electrons. The van der Waals surface area contributed by atoms with Crippen molar-refractivity contribution in [1.82, 2.24) is 4.57 Å². The van der Waals surface area contributed by atoms with Crippen LogP contribution < -0.4 is 0 Å². The van der Waals surface area contributed by atoms with Gasteiger partial charge in [-0.05, 0) is 57.5 Å².